The summed E-state index contributed by atoms with van der Waals surface area (Å²) in [6, 6.07) is 8.12. The highest BCUT2D eigenvalue weighted by Gasteiger charge is 2.26. The Hall–Kier alpha value is -2.45. The molecule has 0 aliphatic carbocycles. The quantitative estimate of drug-likeness (QED) is 0.813. The number of ether oxygens (including phenoxy) is 1. The minimum absolute atomic E-state index is 0.126. The van der Waals surface area contributed by atoms with Crippen LogP contribution in [0.15, 0.2) is 41.3 Å². The molecule has 0 atom stereocenters. The fourth-order valence-corrected chi connectivity index (χ4v) is 4.06. The number of methoxy groups -OCH3 is 1. The van der Waals surface area contributed by atoms with E-state index >= 15 is 0 Å². The molecule has 2 rings (SSSR count). The zero-order valence-corrected chi connectivity index (χ0v) is 16.7. The van der Waals surface area contributed by atoms with Crippen LogP contribution in [0.3, 0.4) is 0 Å². The zero-order chi connectivity index (χ0) is 20.4. The summed E-state index contributed by atoms with van der Waals surface area (Å²) in [5.74, 6) is -0.794. The topological polar surface area (TPSA) is 84.5 Å². The van der Waals surface area contributed by atoms with Crippen molar-refractivity contribution in [1.29, 1.82) is 0 Å². The smallest absolute Gasteiger partial charge is 0.255 e. The average molecular weight is 394 g/mol. The predicted octanol–water partition coefficient (Wildman–Crippen LogP) is 3.47. The molecule has 0 heterocycles. The number of amides is 1. The second kappa shape index (κ2) is 7.66. The maximum absolute atomic E-state index is 13.2. The van der Waals surface area contributed by atoms with Gasteiger partial charge >= 0.3 is 0 Å². The number of anilines is 1. The van der Waals surface area contributed by atoms with Gasteiger partial charge < -0.3 is 10.1 Å². The third-order valence-corrected chi connectivity index (χ3v) is 5.37. The Morgan fingerprint density at radius 1 is 1.11 bits per heavy atom. The first-order valence-corrected chi connectivity index (χ1v) is 9.71. The third-order valence-electron chi connectivity index (χ3n) is 3.59. The first kappa shape index (κ1) is 20.9. The monoisotopic (exact) mass is 394 g/mol. The lowest BCUT2D eigenvalue weighted by atomic mass is 10.1. The van der Waals surface area contributed by atoms with Gasteiger partial charge in [0, 0.05) is 16.8 Å². The SMILES string of the molecule is COc1ccc(C(=O)Nc2ccc(F)cc2C)cc1S(=O)(=O)NC(C)(C)C. The van der Waals surface area contributed by atoms with Gasteiger partial charge in [-0.1, -0.05) is 0 Å². The van der Waals surface area contributed by atoms with Crippen molar-refractivity contribution in [1.82, 2.24) is 4.72 Å². The Morgan fingerprint density at radius 2 is 1.78 bits per heavy atom. The fraction of sp³-hybridized carbons (Fsp3) is 0.316. The van der Waals surface area contributed by atoms with E-state index in [4.69, 9.17) is 4.74 Å². The van der Waals surface area contributed by atoms with Crippen molar-refractivity contribution in [2.24, 2.45) is 0 Å². The summed E-state index contributed by atoms with van der Waals surface area (Å²) in [7, 11) is -2.55. The van der Waals surface area contributed by atoms with E-state index in [0.717, 1.165) is 0 Å². The van der Waals surface area contributed by atoms with Crippen LogP contribution >= 0.6 is 0 Å². The van der Waals surface area contributed by atoms with E-state index < -0.39 is 27.3 Å². The summed E-state index contributed by atoms with van der Waals surface area (Å²) in [6.45, 7) is 6.80. The minimum atomic E-state index is -3.91. The lowest BCUT2D eigenvalue weighted by molar-refractivity contribution is 0.102. The predicted molar refractivity (Wildman–Crippen MR) is 102 cm³/mol. The number of rotatable bonds is 5. The Morgan fingerprint density at radius 3 is 2.33 bits per heavy atom. The van der Waals surface area contributed by atoms with Crippen LogP contribution in [0.4, 0.5) is 10.1 Å². The molecule has 2 aromatic carbocycles. The van der Waals surface area contributed by atoms with Crippen LogP contribution in [0.5, 0.6) is 5.75 Å². The summed E-state index contributed by atoms with van der Waals surface area (Å²) in [5, 5.41) is 2.66. The fourth-order valence-electron chi connectivity index (χ4n) is 2.45. The van der Waals surface area contributed by atoms with Crippen molar-refractivity contribution in [2.45, 2.75) is 38.1 Å². The molecule has 0 fully saturated rings. The molecule has 2 N–H and O–H groups in total. The Labute approximate surface area is 158 Å². The molecular formula is C19H23FN2O4S. The Balaban J connectivity index is 2.40. The van der Waals surface area contributed by atoms with Gasteiger partial charge in [-0.05, 0) is 69.7 Å². The van der Waals surface area contributed by atoms with Crippen molar-refractivity contribution < 1.29 is 22.3 Å². The maximum atomic E-state index is 13.2. The molecule has 6 nitrogen and oxygen atoms in total. The molecule has 0 radical (unpaired) electrons. The van der Waals surface area contributed by atoms with Crippen molar-refractivity contribution in [2.75, 3.05) is 12.4 Å². The molecule has 1 amide bonds. The third kappa shape index (κ3) is 5.27. The largest absolute Gasteiger partial charge is 0.495 e. The molecule has 0 unspecified atom stereocenters. The van der Waals surface area contributed by atoms with Crippen molar-refractivity contribution in [3.05, 3.63) is 53.3 Å². The lowest BCUT2D eigenvalue weighted by Gasteiger charge is -2.21. The molecule has 0 bridgehead atoms. The molecule has 0 aliphatic heterocycles. The highest BCUT2D eigenvalue weighted by Crippen LogP contribution is 2.27. The normalized spacial score (nSPS) is 11.9. The number of sulfonamides is 1. The van der Waals surface area contributed by atoms with Crippen LogP contribution in [0.25, 0.3) is 0 Å². The van der Waals surface area contributed by atoms with Gasteiger partial charge in [-0.15, -0.1) is 0 Å². The number of nitrogens with one attached hydrogen (secondary N) is 2. The van der Waals surface area contributed by atoms with Crippen LogP contribution in [0.2, 0.25) is 0 Å². The lowest BCUT2D eigenvalue weighted by Crippen LogP contribution is -2.40. The molecule has 27 heavy (non-hydrogen) atoms. The van der Waals surface area contributed by atoms with Gasteiger partial charge in [-0.2, -0.15) is 0 Å². The van der Waals surface area contributed by atoms with Gasteiger partial charge in [0.15, 0.2) is 0 Å². The summed E-state index contributed by atoms with van der Waals surface area (Å²) in [6.07, 6.45) is 0. The first-order chi connectivity index (χ1) is 12.4. The molecule has 2 aromatic rings. The number of carbonyl (C=O) groups excluding carboxylic acids is 1. The summed E-state index contributed by atoms with van der Waals surface area (Å²) in [5.41, 5.74) is 0.426. The van der Waals surface area contributed by atoms with Gasteiger partial charge in [0.2, 0.25) is 10.0 Å². The molecule has 0 aliphatic rings. The number of carbonyl (C=O) groups is 1. The van der Waals surface area contributed by atoms with Crippen molar-refractivity contribution in [3.63, 3.8) is 0 Å². The van der Waals surface area contributed by atoms with Crippen LogP contribution in [-0.4, -0.2) is 27.0 Å². The number of aryl methyl sites for hydroxylation is 1. The van der Waals surface area contributed by atoms with Gasteiger partial charge in [0.1, 0.15) is 16.5 Å². The van der Waals surface area contributed by atoms with E-state index in [-0.39, 0.29) is 16.2 Å². The van der Waals surface area contributed by atoms with Gasteiger partial charge in [0.25, 0.3) is 5.91 Å². The second-order valence-electron chi connectivity index (χ2n) is 7.13. The summed E-state index contributed by atoms with van der Waals surface area (Å²) < 4.78 is 46.3. The molecular weight excluding hydrogens is 371 g/mol. The van der Waals surface area contributed by atoms with E-state index in [9.17, 15) is 17.6 Å². The van der Waals surface area contributed by atoms with Crippen molar-refractivity contribution in [3.8, 4) is 5.75 Å². The maximum Gasteiger partial charge on any atom is 0.255 e. The molecule has 0 spiro atoms. The number of hydrogen-bond acceptors (Lipinski definition) is 4. The first-order valence-electron chi connectivity index (χ1n) is 8.22. The van der Waals surface area contributed by atoms with Crippen molar-refractivity contribution >= 4 is 21.6 Å². The van der Waals surface area contributed by atoms with Crippen LogP contribution in [0.1, 0.15) is 36.7 Å². The zero-order valence-electron chi connectivity index (χ0n) is 15.9. The van der Waals surface area contributed by atoms with Gasteiger partial charge in [-0.25, -0.2) is 17.5 Å². The van der Waals surface area contributed by atoms with E-state index in [1.807, 2.05) is 0 Å². The molecule has 0 saturated heterocycles. The highest BCUT2D eigenvalue weighted by molar-refractivity contribution is 7.89. The molecule has 0 aromatic heterocycles. The van der Waals surface area contributed by atoms with Crippen LogP contribution in [-0.2, 0) is 10.0 Å². The summed E-state index contributed by atoms with van der Waals surface area (Å²) >= 11 is 0. The highest BCUT2D eigenvalue weighted by atomic mass is 32.2. The second-order valence-corrected chi connectivity index (χ2v) is 8.79. The standard InChI is InChI=1S/C19H23FN2O4S/c1-12-10-14(20)7-8-15(12)21-18(23)13-6-9-16(26-5)17(11-13)27(24,25)22-19(2,3)4/h6-11,22H,1-5H3,(H,21,23). The summed E-state index contributed by atoms with van der Waals surface area (Å²) in [4.78, 5) is 12.4. The Kier molecular flexibility index (Phi) is 5.91. The van der Waals surface area contributed by atoms with Crippen LogP contribution < -0.4 is 14.8 Å². The minimum Gasteiger partial charge on any atom is -0.495 e. The van der Waals surface area contributed by atoms with Gasteiger partial charge in [-0.3, -0.25) is 4.79 Å². The van der Waals surface area contributed by atoms with Gasteiger partial charge in [0.05, 0.1) is 7.11 Å². The van der Waals surface area contributed by atoms with E-state index in [1.165, 1.54) is 43.5 Å². The molecule has 146 valence electrons. The van der Waals surface area contributed by atoms with Crippen LogP contribution in [0, 0.1) is 12.7 Å². The van der Waals surface area contributed by atoms with E-state index in [2.05, 4.69) is 10.0 Å². The molecule has 8 heteroatoms. The van der Waals surface area contributed by atoms with E-state index in [0.29, 0.717) is 11.3 Å². The average Bonchev–Trinajstić information content (AvgIpc) is 2.54. The Bertz CT molecular complexity index is 966. The number of benzene rings is 2. The molecule has 0 saturated carbocycles. The number of halogens is 1. The number of hydrogen-bond donors (Lipinski definition) is 2. The van der Waals surface area contributed by atoms with E-state index in [1.54, 1.807) is 27.7 Å².